The van der Waals surface area contributed by atoms with E-state index in [2.05, 4.69) is 17.0 Å². The molecule has 0 atom stereocenters. The average Bonchev–Trinajstić information content (AvgIpc) is 2.79. The first-order valence-corrected chi connectivity index (χ1v) is 11.1. The number of rotatable bonds is 6. The Hall–Kier alpha value is -2.63. The molecular formula is C25H27ClN2O3. The van der Waals surface area contributed by atoms with Crippen LogP contribution in [0.2, 0.25) is 5.02 Å². The van der Waals surface area contributed by atoms with Gasteiger partial charge >= 0.3 is 0 Å². The third-order valence-corrected chi connectivity index (χ3v) is 6.31. The molecule has 31 heavy (non-hydrogen) atoms. The Balaban J connectivity index is 1.28. The van der Waals surface area contributed by atoms with Gasteiger partial charge in [0.1, 0.15) is 5.58 Å². The molecule has 0 N–H and O–H groups in total. The van der Waals surface area contributed by atoms with Crippen molar-refractivity contribution in [3.8, 4) is 0 Å². The van der Waals surface area contributed by atoms with Gasteiger partial charge in [-0.1, -0.05) is 35.9 Å². The van der Waals surface area contributed by atoms with Gasteiger partial charge in [0.05, 0.1) is 5.39 Å². The van der Waals surface area contributed by atoms with Gasteiger partial charge in [-0.05, 0) is 68.1 Å². The van der Waals surface area contributed by atoms with Crippen LogP contribution in [0.25, 0.3) is 11.0 Å². The van der Waals surface area contributed by atoms with Crippen LogP contribution in [-0.2, 0) is 6.42 Å². The van der Waals surface area contributed by atoms with Gasteiger partial charge in [0, 0.05) is 31.2 Å². The highest BCUT2D eigenvalue weighted by Gasteiger charge is 2.24. The fourth-order valence-electron chi connectivity index (χ4n) is 4.20. The highest BCUT2D eigenvalue weighted by Crippen LogP contribution is 2.20. The summed E-state index contributed by atoms with van der Waals surface area (Å²) in [5, 5.41) is 1.26. The van der Waals surface area contributed by atoms with E-state index in [1.54, 1.807) is 36.2 Å². The topological polar surface area (TPSA) is 53.8 Å². The third-order valence-electron chi connectivity index (χ3n) is 6.06. The normalized spacial score (nSPS) is 15.3. The molecule has 6 heteroatoms. The number of benzene rings is 2. The number of hydrogen-bond donors (Lipinski definition) is 0. The van der Waals surface area contributed by atoms with E-state index in [9.17, 15) is 9.59 Å². The molecule has 1 aromatic heterocycles. The lowest BCUT2D eigenvalue weighted by atomic mass is 9.96. The van der Waals surface area contributed by atoms with Gasteiger partial charge in [-0.2, -0.15) is 0 Å². The van der Waals surface area contributed by atoms with E-state index in [4.69, 9.17) is 16.0 Å². The van der Waals surface area contributed by atoms with Gasteiger partial charge in [-0.15, -0.1) is 0 Å². The molecule has 2 aromatic carbocycles. The molecule has 0 unspecified atom stereocenters. The summed E-state index contributed by atoms with van der Waals surface area (Å²) in [7, 11) is 1.78. The minimum Gasteiger partial charge on any atom is -0.451 e. The van der Waals surface area contributed by atoms with E-state index in [0.29, 0.717) is 23.4 Å². The van der Waals surface area contributed by atoms with Gasteiger partial charge in [0.25, 0.3) is 5.91 Å². The Morgan fingerprint density at radius 2 is 1.84 bits per heavy atom. The number of likely N-dealkylation sites (tertiary alicyclic amines) is 1. The summed E-state index contributed by atoms with van der Waals surface area (Å²) < 4.78 is 5.71. The standard InChI is InChI=1S/C25H27ClN2O3/c1-27(25(30)24-16-22(29)21-4-2-3-5-23(21)31-24)17-19-11-14-28(15-12-19)13-10-18-6-8-20(26)9-7-18/h2-9,16,19H,10-15,17H2,1H3. The first kappa shape index (κ1) is 21.6. The Bertz CT molecular complexity index is 1100. The van der Waals surface area contributed by atoms with Crippen molar-refractivity contribution in [3.05, 3.63) is 81.2 Å². The second-order valence-corrected chi connectivity index (χ2v) is 8.75. The minimum absolute atomic E-state index is 0.103. The maximum Gasteiger partial charge on any atom is 0.289 e. The maximum absolute atomic E-state index is 12.8. The largest absolute Gasteiger partial charge is 0.451 e. The Morgan fingerprint density at radius 3 is 2.58 bits per heavy atom. The van der Waals surface area contributed by atoms with Crippen molar-refractivity contribution >= 4 is 28.5 Å². The zero-order valence-corrected chi connectivity index (χ0v) is 18.5. The predicted octanol–water partition coefficient (Wildman–Crippen LogP) is 4.47. The van der Waals surface area contributed by atoms with Crippen LogP contribution in [0.1, 0.15) is 29.0 Å². The van der Waals surface area contributed by atoms with E-state index in [0.717, 1.165) is 43.9 Å². The second-order valence-electron chi connectivity index (χ2n) is 8.32. The lowest BCUT2D eigenvalue weighted by Crippen LogP contribution is -2.40. The van der Waals surface area contributed by atoms with Crippen LogP contribution in [0.3, 0.4) is 0 Å². The van der Waals surface area contributed by atoms with E-state index in [1.165, 1.54) is 11.6 Å². The maximum atomic E-state index is 12.8. The molecule has 1 saturated heterocycles. The van der Waals surface area contributed by atoms with Crippen molar-refractivity contribution in [2.24, 2.45) is 5.92 Å². The fraction of sp³-hybridized carbons (Fsp3) is 0.360. The van der Waals surface area contributed by atoms with Crippen molar-refractivity contribution in [2.45, 2.75) is 19.3 Å². The summed E-state index contributed by atoms with van der Waals surface area (Å²) in [5.74, 6) is 0.313. The molecule has 1 fully saturated rings. The number of piperidine rings is 1. The fourth-order valence-corrected chi connectivity index (χ4v) is 4.32. The number of halogens is 1. The monoisotopic (exact) mass is 438 g/mol. The number of para-hydroxylation sites is 1. The molecule has 1 aliphatic rings. The highest BCUT2D eigenvalue weighted by atomic mass is 35.5. The molecule has 2 heterocycles. The molecule has 3 aromatic rings. The van der Waals surface area contributed by atoms with Crippen LogP contribution < -0.4 is 5.43 Å². The molecule has 0 spiro atoms. The van der Waals surface area contributed by atoms with Crippen LogP contribution in [0.5, 0.6) is 0 Å². The van der Waals surface area contributed by atoms with Crippen molar-refractivity contribution in [1.29, 1.82) is 0 Å². The van der Waals surface area contributed by atoms with Crippen molar-refractivity contribution in [1.82, 2.24) is 9.80 Å². The van der Waals surface area contributed by atoms with Gasteiger partial charge in [-0.25, -0.2) is 0 Å². The highest BCUT2D eigenvalue weighted by molar-refractivity contribution is 6.30. The van der Waals surface area contributed by atoms with Crippen LogP contribution >= 0.6 is 11.6 Å². The van der Waals surface area contributed by atoms with Crippen molar-refractivity contribution in [3.63, 3.8) is 0 Å². The summed E-state index contributed by atoms with van der Waals surface area (Å²) >= 11 is 5.95. The molecule has 0 radical (unpaired) electrons. The van der Waals surface area contributed by atoms with Crippen LogP contribution in [-0.4, -0.2) is 48.9 Å². The smallest absolute Gasteiger partial charge is 0.289 e. The van der Waals surface area contributed by atoms with E-state index >= 15 is 0 Å². The SMILES string of the molecule is CN(CC1CCN(CCc2ccc(Cl)cc2)CC1)C(=O)c1cc(=O)c2ccccc2o1. The summed E-state index contributed by atoms with van der Waals surface area (Å²) in [6.07, 6.45) is 3.13. The zero-order chi connectivity index (χ0) is 21.8. The van der Waals surface area contributed by atoms with Gasteiger partial charge in [0.2, 0.25) is 0 Å². The molecule has 1 aliphatic heterocycles. The minimum atomic E-state index is -0.243. The predicted molar refractivity (Wildman–Crippen MR) is 124 cm³/mol. The molecule has 1 amide bonds. The summed E-state index contributed by atoms with van der Waals surface area (Å²) in [6, 6.07) is 16.4. The lowest BCUT2D eigenvalue weighted by molar-refractivity contribution is 0.0710. The number of carbonyl (C=O) groups excluding carboxylic acids is 1. The van der Waals surface area contributed by atoms with Crippen molar-refractivity contribution < 1.29 is 9.21 Å². The summed E-state index contributed by atoms with van der Waals surface area (Å²) in [5.41, 5.74) is 1.56. The number of fused-ring (bicyclic) bond motifs is 1. The number of carbonyl (C=O) groups is 1. The lowest BCUT2D eigenvalue weighted by Gasteiger charge is -2.33. The Labute approximate surface area is 187 Å². The van der Waals surface area contributed by atoms with Crippen LogP contribution in [0.15, 0.2) is 63.8 Å². The quantitative estimate of drug-likeness (QED) is 0.569. The Morgan fingerprint density at radius 1 is 1.13 bits per heavy atom. The van der Waals surface area contributed by atoms with Gasteiger partial charge < -0.3 is 14.2 Å². The molecule has 0 saturated carbocycles. The van der Waals surface area contributed by atoms with E-state index in [-0.39, 0.29) is 17.1 Å². The van der Waals surface area contributed by atoms with E-state index < -0.39 is 0 Å². The van der Waals surface area contributed by atoms with Crippen LogP contribution in [0.4, 0.5) is 0 Å². The molecule has 162 valence electrons. The van der Waals surface area contributed by atoms with E-state index in [1.807, 2.05) is 12.1 Å². The zero-order valence-electron chi connectivity index (χ0n) is 17.7. The van der Waals surface area contributed by atoms with Gasteiger partial charge in [-0.3, -0.25) is 9.59 Å². The number of hydrogen-bond acceptors (Lipinski definition) is 4. The number of nitrogens with zero attached hydrogens (tertiary/aromatic N) is 2. The molecular weight excluding hydrogens is 412 g/mol. The Kier molecular flexibility index (Phi) is 6.73. The molecule has 5 nitrogen and oxygen atoms in total. The third kappa shape index (κ3) is 5.35. The van der Waals surface area contributed by atoms with Gasteiger partial charge in [0.15, 0.2) is 11.2 Å². The molecule has 0 bridgehead atoms. The average molecular weight is 439 g/mol. The first-order chi connectivity index (χ1) is 15.0. The summed E-state index contributed by atoms with van der Waals surface area (Å²) in [6.45, 7) is 3.77. The first-order valence-electron chi connectivity index (χ1n) is 10.7. The molecule has 4 rings (SSSR count). The van der Waals surface area contributed by atoms with Crippen molar-refractivity contribution in [2.75, 3.05) is 33.2 Å². The number of amides is 1. The summed E-state index contributed by atoms with van der Waals surface area (Å²) in [4.78, 5) is 29.3. The molecule has 0 aliphatic carbocycles. The second kappa shape index (κ2) is 9.67. The van der Waals surface area contributed by atoms with Crippen LogP contribution in [0, 0.1) is 5.92 Å².